The molecule has 0 aromatic rings. The highest BCUT2D eigenvalue weighted by molar-refractivity contribution is 4.78. The average molecular weight is 700 g/mol. The molecule has 0 saturated carbocycles. The SMILES string of the molecule is CCC(CC)(CO)CO.[O-]C(CO)C(O)C([O-])C(O)CO.[O-]CC(C[O-])(CO)CO.[O-]CC(O)C[O-].[O-]CC([O-])COCC([O-])CO. The van der Waals surface area contributed by atoms with E-state index in [9.17, 15) is 46.0 Å². The molecule has 0 aromatic heterocycles. The molecule has 0 aliphatic heterocycles. The maximum atomic E-state index is 10.8. The van der Waals surface area contributed by atoms with E-state index in [1.807, 2.05) is 13.8 Å². The van der Waals surface area contributed by atoms with Crippen molar-refractivity contribution in [3.05, 3.63) is 0 Å². The van der Waals surface area contributed by atoms with Crippen LogP contribution in [0, 0.1) is 10.8 Å². The average Bonchev–Trinajstić information content (AvgIpc) is 3.13. The van der Waals surface area contributed by atoms with Crippen LogP contribution in [0.1, 0.15) is 26.7 Å². The van der Waals surface area contributed by atoms with Crippen LogP contribution in [0.4, 0.5) is 0 Å². The summed E-state index contributed by atoms with van der Waals surface area (Å²) in [6.07, 6.45) is -9.40. The van der Waals surface area contributed by atoms with Gasteiger partial charge in [0.05, 0.1) is 25.9 Å². The molecule has 0 aromatic carbocycles. The molecule has 0 radical (unpaired) electrons. The van der Waals surface area contributed by atoms with Crippen molar-refractivity contribution in [1.82, 2.24) is 0 Å². The van der Waals surface area contributed by atoms with E-state index in [2.05, 4.69) is 4.74 Å². The largest absolute Gasteiger partial charge is 0.855 e. The van der Waals surface area contributed by atoms with E-state index in [4.69, 9.17) is 51.1 Å². The van der Waals surface area contributed by atoms with Crippen molar-refractivity contribution in [1.29, 1.82) is 0 Å². The van der Waals surface area contributed by atoms with Gasteiger partial charge in [-0.15, -0.1) is 32.5 Å². The van der Waals surface area contributed by atoms with Gasteiger partial charge in [-0.1, -0.05) is 32.2 Å². The van der Waals surface area contributed by atoms with Crippen molar-refractivity contribution in [3.8, 4) is 0 Å². The summed E-state index contributed by atoms with van der Waals surface area (Å²) < 4.78 is 4.55. The molecule has 0 aliphatic carbocycles. The van der Waals surface area contributed by atoms with Crippen molar-refractivity contribution in [3.63, 3.8) is 0 Å². The Balaban J connectivity index is -0.000000159. The molecule has 0 rings (SSSR count). The lowest BCUT2D eigenvalue weighted by atomic mass is 9.84. The Morgan fingerprint density at radius 2 is 0.957 bits per heavy atom. The lowest BCUT2D eigenvalue weighted by molar-refractivity contribution is -0.503. The van der Waals surface area contributed by atoms with E-state index in [1.165, 1.54) is 0 Å². The zero-order valence-electron chi connectivity index (χ0n) is 26.9. The number of hydrogen-bond donors (Lipinski definition) is 10. The monoisotopic (exact) mass is 699 g/mol. The van der Waals surface area contributed by atoms with E-state index in [-0.39, 0.29) is 31.8 Å². The summed E-state index contributed by atoms with van der Waals surface area (Å²) in [5, 5.41) is 176. The van der Waals surface area contributed by atoms with Crippen molar-refractivity contribution in [2.75, 3.05) is 92.5 Å². The Morgan fingerprint density at radius 1 is 0.553 bits per heavy atom. The molecule has 292 valence electrons. The molecule has 6 atom stereocenters. The highest BCUT2D eigenvalue weighted by Crippen LogP contribution is 2.23. The zero-order chi connectivity index (χ0) is 38.1. The molecule has 0 aliphatic rings. The number of ether oxygens (including phenoxy) is 1. The first-order valence-corrected chi connectivity index (χ1v) is 14.5. The van der Waals surface area contributed by atoms with Crippen LogP contribution >= 0.6 is 0 Å². The first-order chi connectivity index (χ1) is 22.0. The Bertz CT molecular complexity index is 516. The fourth-order valence-electron chi connectivity index (χ4n) is 2.15. The van der Waals surface area contributed by atoms with E-state index < -0.39 is 114 Å². The summed E-state index contributed by atoms with van der Waals surface area (Å²) in [5.41, 5.74) is -1.56. The highest BCUT2D eigenvalue weighted by Gasteiger charge is 2.23. The van der Waals surface area contributed by atoms with Gasteiger partial charge < -0.3 is 102 Å². The van der Waals surface area contributed by atoms with Crippen LogP contribution in [0.15, 0.2) is 0 Å². The summed E-state index contributed by atoms with van der Waals surface area (Å²) in [6, 6.07) is 0. The summed E-state index contributed by atoms with van der Waals surface area (Å²) in [5.74, 6) is 0. The van der Waals surface area contributed by atoms with E-state index in [0.29, 0.717) is 0 Å². The van der Waals surface area contributed by atoms with Crippen molar-refractivity contribution < 1.29 is 102 Å². The molecule has 20 heteroatoms. The van der Waals surface area contributed by atoms with Gasteiger partial charge in [0.1, 0.15) is 0 Å². The topological polar surface area (TPSA) is 419 Å². The van der Waals surface area contributed by atoms with Crippen LogP contribution in [0.2, 0.25) is 0 Å². The Hall–Kier alpha value is -0.800. The van der Waals surface area contributed by atoms with Gasteiger partial charge in [-0.3, -0.25) is 0 Å². The Morgan fingerprint density at radius 3 is 1.15 bits per heavy atom. The smallest absolute Gasteiger partial charge is 0.0681 e. The van der Waals surface area contributed by atoms with Gasteiger partial charge >= 0.3 is 0 Å². The Labute approximate surface area is 274 Å². The van der Waals surface area contributed by atoms with Crippen molar-refractivity contribution >= 4 is 0 Å². The summed E-state index contributed by atoms with van der Waals surface area (Å²) >= 11 is 0. The first kappa shape index (κ1) is 55.6. The molecule has 0 spiro atoms. The Kier molecular flexibility index (Phi) is 43.2. The molecule has 10 N–H and O–H groups in total. The van der Waals surface area contributed by atoms with Gasteiger partial charge in [-0.25, -0.2) is 0 Å². The normalized spacial score (nSPS) is 15.2. The van der Waals surface area contributed by atoms with Gasteiger partial charge in [0.15, 0.2) is 0 Å². The minimum Gasteiger partial charge on any atom is -0.855 e. The summed E-state index contributed by atoms with van der Waals surface area (Å²) in [4.78, 5) is 0. The van der Waals surface area contributed by atoms with E-state index >= 15 is 0 Å². The quantitative estimate of drug-likeness (QED) is 0.0531. The van der Waals surface area contributed by atoms with Gasteiger partial charge in [0.25, 0.3) is 0 Å². The molecule has 47 heavy (non-hydrogen) atoms. The summed E-state index contributed by atoms with van der Waals surface area (Å²) in [7, 11) is 0. The minimum absolute atomic E-state index is 0.0938. The van der Waals surface area contributed by atoms with Crippen molar-refractivity contribution in [2.24, 2.45) is 10.8 Å². The van der Waals surface area contributed by atoms with Crippen LogP contribution in [0.3, 0.4) is 0 Å². The molecule has 6 unspecified atom stereocenters. The maximum absolute atomic E-state index is 10.8. The molecule has 0 saturated heterocycles. The standard InChI is InChI=1S/C7H16O2.C6H12O6.C6H11O5.C5H10O4.C3H6O3/c1-3-7(4-2,5-8)6-9;7-1-3(9)5(11)6(12)4(10)2-8;7-1-5(9)3-11-4-6(10)2-8;6-1-5(2-7,3-8)4-9;4-1-3(6)2-5/h8-9H,3-6H2,1-2H3;3-9,12H,1-2H2;5-7H,1-4H2;6-7H,1-4H2;3,6H,1-2H2/q;-2;-3;2*-2. The number of hydrogen-bond acceptors (Lipinski definition) is 20. The van der Waals surface area contributed by atoms with Gasteiger partial charge in [0, 0.05) is 57.3 Å². The fourth-order valence-corrected chi connectivity index (χ4v) is 2.15. The number of rotatable bonds is 21. The van der Waals surface area contributed by atoms with E-state index in [1.54, 1.807) is 0 Å². The molecule has 0 bridgehead atoms. The minimum atomic E-state index is -1.98. The third kappa shape index (κ3) is 29.8. The lowest BCUT2D eigenvalue weighted by Crippen LogP contribution is -2.58. The molecular formula is C27H55O20-9. The molecular weight excluding hydrogens is 644 g/mol. The highest BCUT2D eigenvalue weighted by atomic mass is 16.5. The van der Waals surface area contributed by atoms with E-state index in [0.717, 1.165) is 12.8 Å². The van der Waals surface area contributed by atoms with Crippen LogP contribution in [0.5, 0.6) is 0 Å². The molecule has 0 fully saturated rings. The predicted octanol–water partition coefficient (Wildman–Crippen LogP) is -14.5. The molecule has 20 nitrogen and oxygen atoms in total. The fraction of sp³-hybridized carbons (Fsp3) is 1.00. The van der Waals surface area contributed by atoms with Crippen LogP contribution in [-0.2, 0) is 4.74 Å². The molecule has 0 heterocycles. The maximum Gasteiger partial charge on any atom is 0.0681 e. The first-order valence-electron chi connectivity index (χ1n) is 14.5. The van der Waals surface area contributed by atoms with Crippen LogP contribution < -0.4 is 46.0 Å². The van der Waals surface area contributed by atoms with Crippen LogP contribution in [0.25, 0.3) is 0 Å². The predicted molar refractivity (Wildman–Crippen MR) is 143 cm³/mol. The van der Waals surface area contributed by atoms with Gasteiger partial charge in [-0.05, 0) is 18.3 Å². The third-order valence-electron chi connectivity index (χ3n) is 6.30. The second-order valence-corrected chi connectivity index (χ2v) is 10.2. The number of aliphatic hydroxyl groups is 10. The second kappa shape index (κ2) is 36.5. The second-order valence-electron chi connectivity index (χ2n) is 10.2. The lowest BCUT2D eigenvalue weighted by Gasteiger charge is -2.38. The zero-order valence-corrected chi connectivity index (χ0v) is 26.9. The van der Waals surface area contributed by atoms with Crippen LogP contribution in [-0.4, -0.2) is 186 Å². The summed E-state index contributed by atoms with van der Waals surface area (Å²) in [6.45, 7) is -3.12. The van der Waals surface area contributed by atoms with Gasteiger partial charge in [-0.2, -0.15) is 6.61 Å². The van der Waals surface area contributed by atoms with Crippen molar-refractivity contribution in [2.45, 2.75) is 69.4 Å². The number of aliphatic hydroxyl groups excluding tert-OH is 10. The third-order valence-corrected chi connectivity index (χ3v) is 6.30. The molecule has 0 amide bonds. The van der Waals surface area contributed by atoms with Gasteiger partial charge in [0.2, 0.25) is 0 Å².